The van der Waals surface area contributed by atoms with Crippen LogP contribution in [0.2, 0.25) is 0 Å². The lowest BCUT2D eigenvalue weighted by atomic mass is 10.2. The molecule has 0 spiro atoms. The van der Waals surface area contributed by atoms with Crippen molar-refractivity contribution in [3.63, 3.8) is 0 Å². The van der Waals surface area contributed by atoms with E-state index in [2.05, 4.69) is 6.58 Å². The Morgan fingerprint density at radius 1 is 1.00 bits per heavy atom. The molecule has 0 saturated carbocycles. The van der Waals surface area contributed by atoms with Crippen LogP contribution in [0.25, 0.3) is 0 Å². The highest BCUT2D eigenvalue weighted by atomic mass is 32.3. The molecular weight excluding hydrogens is 368 g/mol. The Kier molecular flexibility index (Phi) is 4.95. The molecule has 0 N–H and O–H groups in total. The van der Waals surface area contributed by atoms with Gasteiger partial charge in [-0.1, -0.05) is 30.3 Å². The fraction of sp³-hybridized carbons (Fsp3) is 0.0667. The van der Waals surface area contributed by atoms with E-state index >= 15 is 0 Å². The predicted octanol–water partition coefficient (Wildman–Crippen LogP) is 2.43. The quantitative estimate of drug-likeness (QED) is 0.560. The normalized spacial score (nSPS) is 11.7. The average molecular weight is 382 g/mol. The van der Waals surface area contributed by atoms with Crippen LogP contribution in [-0.4, -0.2) is 25.5 Å². The first-order valence-corrected chi connectivity index (χ1v) is 9.72. The van der Waals surface area contributed by atoms with Gasteiger partial charge in [-0.2, -0.15) is 3.71 Å². The molecule has 25 heavy (non-hydrogen) atoms. The number of benzene rings is 2. The number of sulfonamides is 2. The lowest BCUT2D eigenvalue weighted by Crippen LogP contribution is -2.32. The number of nitrogens with zero attached hydrogens (tertiary/aromatic N) is 2. The van der Waals surface area contributed by atoms with Gasteiger partial charge >= 0.3 is 0 Å². The third kappa shape index (κ3) is 3.54. The van der Waals surface area contributed by atoms with Crippen LogP contribution in [0.4, 0.5) is 5.69 Å². The maximum Gasteiger partial charge on any atom is 0.277 e. The maximum absolute atomic E-state index is 12.7. The summed E-state index contributed by atoms with van der Waals surface area (Å²) in [5.74, 6) is 0. The molecule has 0 aliphatic carbocycles. The molecule has 0 radical (unpaired) electrons. The van der Waals surface area contributed by atoms with Crippen LogP contribution >= 0.6 is 0 Å². The van der Waals surface area contributed by atoms with Gasteiger partial charge in [-0.3, -0.25) is 10.1 Å². The third-order valence-corrected chi connectivity index (χ3v) is 7.41. The van der Waals surface area contributed by atoms with Gasteiger partial charge in [-0.05, 0) is 25.1 Å². The summed E-state index contributed by atoms with van der Waals surface area (Å²) in [6.45, 7) is 5.00. The summed E-state index contributed by atoms with van der Waals surface area (Å²) >= 11 is 0. The molecule has 0 bridgehead atoms. The van der Waals surface area contributed by atoms with Gasteiger partial charge in [0.1, 0.15) is 0 Å². The molecule has 2 aromatic rings. The zero-order chi connectivity index (χ0) is 18.8. The second kappa shape index (κ2) is 6.65. The first kappa shape index (κ1) is 18.6. The summed E-state index contributed by atoms with van der Waals surface area (Å²) in [5.41, 5.74) is 0.323. The molecule has 0 atom stereocenters. The van der Waals surface area contributed by atoms with E-state index in [1.165, 1.54) is 24.3 Å². The Bertz CT molecular complexity index is 1030. The van der Waals surface area contributed by atoms with Gasteiger partial charge in [0.2, 0.25) is 0 Å². The SMILES string of the molecule is C=CN(S(=O)(=O)c1ccc(C)cc1)S(=O)(=O)c1cccc([N+](=O)[O-])c1. The minimum atomic E-state index is -4.60. The molecule has 8 nitrogen and oxygen atoms in total. The molecule has 0 unspecified atom stereocenters. The molecule has 10 heteroatoms. The summed E-state index contributed by atoms with van der Waals surface area (Å²) in [4.78, 5) is 9.28. The van der Waals surface area contributed by atoms with Crippen molar-refractivity contribution in [2.24, 2.45) is 0 Å². The lowest BCUT2D eigenvalue weighted by molar-refractivity contribution is -0.385. The molecule has 0 heterocycles. The van der Waals surface area contributed by atoms with Crippen molar-refractivity contribution in [2.45, 2.75) is 16.7 Å². The molecule has 0 aromatic heterocycles. The molecule has 0 amide bonds. The fourth-order valence-electron chi connectivity index (χ4n) is 2.00. The monoisotopic (exact) mass is 382 g/mol. The van der Waals surface area contributed by atoms with Crippen molar-refractivity contribution in [3.8, 4) is 0 Å². The van der Waals surface area contributed by atoms with Gasteiger partial charge in [-0.25, -0.2) is 16.8 Å². The summed E-state index contributed by atoms with van der Waals surface area (Å²) in [6, 6.07) is 9.70. The number of nitro groups is 1. The molecule has 0 saturated heterocycles. The van der Waals surface area contributed by atoms with E-state index in [1.54, 1.807) is 6.92 Å². The standard InChI is InChI=1S/C15H14N2O6S2/c1-3-16(24(20,21)14-9-7-12(2)8-10-14)25(22,23)15-6-4-5-13(11-15)17(18)19/h3-11H,1H2,2H3. The highest BCUT2D eigenvalue weighted by molar-refractivity contribution is 8.04. The second-order valence-corrected chi connectivity index (χ2v) is 8.85. The molecule has 132 valence electrons. The number of nitro benzene ring substituents is 1. The highest BCUT2D eigenvalue weighted by Gasteiger charge is 2.34. The van der Waals surface area contributed by atoms with E-state index in [9.17, 15) is 26.9 Å². The van der Waals surface area contributed by atoms with Gasteiger partial charge in [0.05, 0.1) is 14.7 Å². The summed E-state index contributed by atoms with van der Waals surface area (Å²) in [6.07, 6.45) is 0.642. The van der Waals surface area contributed by atoms with Crippen molar-refractivity contribution in [3.05, 3.63) is 77.0 Å². The fourth-order valence-corrected chi connectivity index (χ4v) is 5.36. The molecule has 2 rings (SSSR count). The predicted molar refractivity (Wildman–Crippen MR) is 90.7 cm³/mol. The van der Waals surface area contributed by atoms with Crippen molar-refractivity contribution in [2.75, 3.05) is 0 Å². The van der Waals surface area contributed by atoms with Crippen LogP contribution < -0.4 is 0 Å². The van der Waals surface area contributed by atoms with Crippen LogP contribution in [0, 0.1) is 17.0 Å². The third-order valence-electron chi connectivity index (χ3n) is 3.27. The van der Waals surface area contributed by atoms with Gasteiger partial charge < -0.3 is 0 Å². The number of non-ortho nitro benzene ring substituents is 1. The minimum Gasteiger partial charge on any atom is -0.258 e. The van der Waals surface area contributed by atoms with Gasteiger partial charge in [0.15, 0.2) is 0 Å². The van der Waals surface area contributed by atoms with Crippen LogP contribution in [0.3, 0.4) is 0 Å². The zero-order valence-electron chi connectivity index (χ0n) is 13.1. The van der Waals surface area contributed by atoms with Crippen LogP contribution in [-0.2, 0) is 20.0 Å². The van der Waals surface area contributed by atoms with Crippen LogP contribution in [0.5, 0.6) is 0 Å². The van der Waals surface area contributed by atoms with Crippen molar-refractivity contribution < 1.29 is 21.8 Å². The van der Waals surface area contributed by atoms with Gasteiger partial charge in [0, 0.05) is 18.3 Å². The summed E-state index contributed by atoms with van der Waals surface area (Å²) in [5, 5.41) is 10.8. The Labute approximate surface area is 145 Å². The van der Waals surface area contributed by atoms with Crippen LogP contribution in [0.15, 0.2) is 71.1 Å². The first-order valence-electron chi connectivity index (χ1n) is 6.84. The molecule has 0 fully saturated rings. The topological polar surface area (TPSA) is 115 Å². The largest absolute Gasteiger partial charge is 0.277 e. The lowest BCUT2D eigenvalue weighted by Gasteiger charge is -2.20. The van der Waals surface area contributed by atoms with Crippen molar-refractivity contribution in [1.29, 1.82) is 0 Å². The minimum absolute atomic E-state index is 0.101. The summed E-state index contributed by atoms with van der Waals surface area (Å²) in [7, 11) is -9.05. The van der Waals surface area contributed by atoms with E-state index in [0.29, 0.717) is 6.20 Å². The van der Waals surface area contributed by atoms with E-state index in [-0.39, 0.29) is 8.61 Å². The van der Waals surface area contributed by atoms with E-state index in [0.717, 1.165) is 29.8 Å². The highest BCUT2D eigenvalue weighted by Crippen LogP contribution is 2.26. The van der Waals surface area contributed by atoms with Gasteiger partial charge in [-0.15, -0.1) is 0 Å². The zero-order valence-corrected chi connectivity index (χ0v) is 14.7. The Balaban J connectivity index is 2.59. The molecular formula is C15H14N2O6S2. The summed E-state index contributed by atoms with van der Waals surface area (Å²) < 4.78 is 50.8. The van der Waals surface area contributed by atoms with Crippen molar-refractivity contribution >= 4 is 25.7 Å². The van der Waals surface area contributed by atoms with E-state index in [4.69, 9.17) is 0 Å². The second-order valence-electron chi connectivity index (χ2n) is 4.99. The Hall–Kier alpha value is -2.72. The Morgan fingerprint density at radius 3 is 2.08 bits per heavy atom. The number of hydrogen-bond donors (Lipinski definition) is 0. The number of rotatable bonds is 6. The maximum atomic E-state index is 12.7. The van der Waals surface area contributed by atoms with Crippen LogP contribution in [0.1, 0.15) is 5.56 Å². The molecule has 0 aliphatic heterocycles. The number of hydrogen-bond acceptors (Lipinski definition) is 6. The van der Waals surface area contributed by atoms with E-state index in [1.807, 2.05) is 0 Å². The Morgan fingerprint density at radius 2 is 1.56 bits per heavy atom. The van der Waals surface area contributed by atoms with Crippen molar-refractivity contribution in [1.82, 2.24) is 3.71 Å². The average Bonchev–Trinajstić information content (AvgIpc) is 2.55. The molecule has 0 aliphatic rings. The number of aryl methyl sites for hydroxylation is 1. The first-order chi connectivity index (χ1) is 11.6. The van der Waals surface area contributed by atoms with E-state index < -0.39 is 35.6 Å². The smallest absolute Gasteiger partial charge is 0.258 e. The molecule has 2 aromatic carbocycles. The van der Waals surface area contributed by atoms with Gasteiger partial charge in [0.25, 0.3) is 25.7 Å².